The lowest BCUT2D eigenvalue weighted by atomic mass is 9.95. The van der Waals surface area contributed by atoms with Crippen LogP contribution in [0.2, 0.25) is 0 Å². The van der Waals surface area contributed by atoms with Crippen LogP contribution in [0.4, 0.5) is 5.00 Å². The van der Waals surface area contributed by atoms with E-state index < -0.39 is 11.9 Å². The molecule has 1 amide bonds. The molecule has 0 spiro atoms. The van der Waals surface area contributed by atoms with Gasteiger partial charge in [-0.15, -0.1) is 11.3 Å². The fraction of sp³-hybridized carbons (Fsp3) is 0.219. The first-order chi connectivity index (χ1) is 19.1. The van der Waals surface area contributed by atoms with Crippen molar-refractivity contribution in [1.82, 2.24) is 0 Å². The summed E-state index contributed by atoms with van der Waals surface area (Å²) in [4.78, 5) is 27.0. The van der Waals surface area contributed by atoms with Crippen LogP contribution in [0.1, 0.15) is 51.7 Å². The van der Waals surface area contributed by atoms with Gasteiger partial charge >= 0.3 is 5.97 Å². The van der Waals surface area contributed by atoms with Crippen molar-refractivity contribution >= 4 is 45.1 Å². The topological polar surface area (TPSA) is 88.4 Å². The molecule has 5 rings (SSSR count). The predicted molar refractivity (Wildman–Crippen MR) is 154 cm³/mol. The van der Waals surface area contributed by atoms with E-state index in [9.17, 15) is 14.9 Å². The summed E-state index contributed by atoms with van der Waals surface area (Å²) in [5, 5.41) is 15.3. The number of carbonyl (C=O) groups is 2. The molecule has 0 unspecified atom stereocenters. The zero-order valence-corrected chi connectivity index (χ0v) is 22.5. The lowest BCUT2D eigenvalue weighted by Gasteiger charge is -2.12. The Balaban J connectivity index is 1.34. The molecule has 0 bridgehead atoms. The van der Waals surface area contributed by atoms with Crippen molar-refractivity contribution in [3.63, 3.8) is 0 Å². The summed E-state index contributed by atoms with van der Waals surface area (Å²) in [6, 6.07) is 23.5. The van der Waals surface area contributed by atoms with Crippen LogP contribution < -0.4 is 10.1 Å². The van der Waals surface area contributed by atoms with Crippen LogP contribution in [-0.4, -0.2) is 18.5 Å². The molecule has 39 heavy (non-hydrogen) atoms. The zero-order chi connectivity index (χ0) is 27.2. The Kier molecular flexibility index (Phi) is 8.04. The quantitative estimate of drug-likeness (QED) is 0.148. The maximum atomic E-state index is 13.1. The Hall–Kier alpha value is -4.41. The average molecular weight is 537 g/mol. The average Bonchev–Trinajstić information content (AvgIpc) is 3.33. The van der Waals surface area contributed by atoms with Gasteiger partial charge in [-0.05, 0) is 78.3 Å². The summed E-state index contributed by atoms with van der Waals surface area (Å²) in [5.41, 5.74) is 3.04. The number of benzene rings is 3. The van der Waals surface area contributed by atoms with Gasteiger partial charge in [0.15, 0.2) is 0 Å². The number of amides is 1. The minimum Gasteiger partial charge on any atom is -0.489 e. The van der Waals surface area contributed by atoms with Crippen molar-refractivity contribution in [2.24, 2.45) is 0 Å². The van der Waals surface area contributed by atoms with Gasteiger partial charge in [-0.2, -0.15) is 5.26 Å². The van der Waals surface area contributed by atoms with Crippen molar-refractivity contribution in [3.05, 3.63) is 99.4 Å². The lowest BCUT2D eigenvalue weighted by Crippen LogP contribution is -2.16. The van der Waals surface area contributed by atoms with Crippen LogP contribution in [-0.2, 0) is 29.0 Å². The number of rotatable bonds is 8. The maximum Gasteiger partial charge on any atom is 0.341 e. The monoisotopic (exact) mass is 536 g/mol. The molecule has 3 aromatic carbocycles. The first kappa shape index (κ1) is 26.2. The van der Waals surface area contributed by atoms with Crippen LogP contribution in [0.5, 0.6) is 5.75 Å². The number of hydrogen-bond donors (Lipinski definition) is 1. The van der Waals surface area contributed by atoms with Crippen LogP contribution in [0, 0.1) is 11.3 Å². The molecular weight excluding hydrogens is 508 g/mol. The van der Waals surface area contributed by atoms with Gasteiger partial charge in [0.2, 0.25) is 0 Å². The highest BCUT2D eigenvalue weighted by atomic mass is 32.1. The Morgan fingerprint density at radius 2 is 1.85 bits per heavy atom. The summed E-state index contributed by atoms with van der Waals surface area (Å²) >= 11 is 1.40. The Morgan fingerprint density at radius 3 is 2.69 bits per heavy atom. The molecule has 7 heteroatoms. The summed E-state index contributed by atoms with van der Waals surface area (Å²) < 4.78 is 11.3. The molecule has 0 saturated heterocycles. The number of aryl methyl sites for hydroxylation is 1. The molecule has 0 saturated carbocycles. The van der Waals surface area contributed by atoms with Crippen LogP contribution in [0.15, 0.2) is 72.3 Å². The van der Waals surface area contributed by atoms with E-state index in [0.717, 1.165) is 52.5 Å². The van der Waals surface area contributed by atoms with E-state index in [1.165, 1.54) is 17.4 Å². The number of carbonyl (C=O) groups excluding carboxylic acids is 2. The fourth-order valence-corrected chi connectivity index (χ4v) is 6.10. The number of nitrogens with zero attached hydrogens (tertiary/aromatic N) is 1. The SMILES string of the molecule is CCOC(=O)c1c(NC(=O)/C(C#N)=C/c2cccc(OCc3cccc4ccccc34)c2)sc2c1CCCC2. The van der Waals surface area contributed by atoms with Gasteiger partial charge in [0.1, 0.15) is 29.0 Å². The summed E-state index contributed by atoms with van der Waals surface area (Å²) in [6.07, 6.45) is 5.21. The molecule has 0 radical (unpaired) electrons. The number of hydrogen-bond acceptors (Lipinski definition) is 6. The smallest absolute Gasteiger partial charge is 0.341 e. The molecule has 0 fully saturated rings. The Bertz CT molecular complexity index is 1610. The maximum absolute atomic E-state index is 13.1. The molecule has 1 N–H and O–H groups in total. The standard InChI is InChI=1S/C32H28N2O4S/c1-2-37-32(36)29-27-15-5-6-16-28(27)39-31(29)34-30(35)24(19-33)17-21-9-7-13-25(18-21)38-20-23-12-8-11-22-10-3-4-14-26(22)23/h3-4,7-14,17-18H,2,5-6,15-16,20H2,1H3,(H,34,35)/b24-17+. The number of nitriles is 1. The van der Waals surface area contributed by atoms with Gasteiger partial charge in [0.25, 0.3) is 5.91 Å². The summed E-state index contributed by atoms with van der Waals surface area (Å²) in [7, 11) is 0. The van der Waals surface area contributed by atoms with E-state index in [1.807, 2.05) is 48.5 Å². The third kappa shape index (κ3) is 5.87. The van der Waals surface area contributed by atoms with Gasteiger partial charge < -0.3 is 14.8 Å². The number of nitrogens with one attached hydrogen (secondary N) is 1. The second-order valence-corrected chi connectivity index (χ2v) is 10.4. The minimum absolute atomic E-state index is 0.0672. The van der Waals surface area contributed by atoms with Crippen molar-refractivity contribution in [2.75, 3.05) is 11.9 Å². The predicted octanol–water partition coefficient (Wildman–Crippen LogP) is 7.08. The summed E-state index contributed by atoms with van der Waals surface area (Å²) in [6.45, 7) is 2.39. The molecule has 0 aliphatic heterocycles. The molecule has 1 aromatic heterocycles. The van der Waals surface area contributed by atoms with E-state index in [1.54, 1.807) is 13.0 Å². The van der Waals surface area contributed by atoms with Crippen LogP contribution >= 0.6 is 11.3 Å². The molecule has 4 aromatic rings. The highest BCUT2D eigenvalue weighted by Gasteiger charge is 2.27. The third-order valence-electron chi connectivity index (χ3n) is 6.69. The number of anilines is 1. The van der Waals surface area contributed by atoms with Crippen molar-refractivity contribution in [3.8, 4) is 11.8 Å². The minimum atomic E-state index is -0.566. The van der Waals surface area contributed by atoms with Crippen molar-refractivity contribution in [2.45, 2.75) is 39.2 Å². The second-order valence-electron chi connectivity index (χ2n) is 9.26. The highest BCUT2D eigenvalue weighted by Crippen LogP contribution is 2.39. The molecule has 0 atom stereocenters. The zero-order valence-electron chi connectivity index (χ0n) is 21.7. The number of fused-ring (bicyclic) bond motifs is 2. The Labute approximate surface area is 231 Å². The number of esters is 1. The number of thiophene rings is 1. The van der Waals surface area contributed by atoms with E-state index in [0.29, 0.717) is 28.5 Å². The molecule has 6 nitrogen and oxygen atoms in total. The largest absolute Gasteiger partial charge is 0.489 e. The van der Waals surface area contributed by atoms with Gasteiger partial charge in [0.05, 0.1) is 12.2 Å². The molecule has 1 aliphatic rings. The van der Waals surface area contributed by atoms with Gasteiger partial charge in [-0.1, -0.05) is 54.6 Å². The van der Waals surface area contributed by atoms with Crippen molar-refractivity contribution < 1.29 is 19.1 Å². The first-order valence-corrected chi connectivity index (χ1v) is 13.8. The Morgan fingerprint density at radius 1 is 1.05 bits per heavy atom. The number of ether oxygens (including phenoxy) is 2. The second kappa shape index (κ2) is 12.0. The lowest BCUT2D eigenvalue weighted by molar-refractivity contribution is -0.112. The van der Waals surface area contributed by atoms with Crippen LogP contribution in [0.25, 0.3) is 16.8 Å². The molecule has 1 aliphatic carbocycles. The molecule has 196 valence electrons. The van der Waals surface area contributed by atoms with E-state index >= 15 is 0 Å². The van der Waals surface area contributed by atoms with E-state index in [-0.39, 0.29) is 12.2 Å². The highest BCUT2D eigenvalue weighted by molar-refractivity contribution is 7.17. The molecule has 1 heterocycles. The van der Waals surface area contributed by atoms with Gasteiger partial charge in [0, 0.05) is 4.88 Å². The third-order valence-corrected chi connectivity index (χ3v) is 7.89. The van der Waals surface area contributed by atoms with Crippen LogP contribution in [0.3, 0.4) is 0 Å². The summed E-state index contributed by atoms with van der Waals surface area (Å²) in [5.74, 6) is -0.376. The van der Waals surface area contributed by atoms with Gasteiger partial charge in [-0.25, -0.2) is 4.79 Å². The first-order valence-electron chi connectivity index (χ1n) is 13.0. The van der Waals surface area contributed by atoms with Crippen molar-refractivity contribution in [1.29, 1.82) is 5.26 Å². The van der Waals surface area contributed by atoms with E-state index in [2.05, 4.69) is 23.5 Å². The molecular formula is C32H28N2O4S. The normalized spacial score (nSPS) is 12.9. The fourth-order valence-electron chi connectivity index (χ4n) is 4.83. The van der Waals surface area contributed by atoms with Gasteiger partial charge in [-0.3, -0.25) is 4.79 Å². The van der Waals surface area contributed by atoms with E-state index in [4.69, 9.17) is 9.47 Å².